The summed E-state index contributed by atoms with van der Waals surface area (Å²) in [5, 5.41) is 3.24. The van der Waals surface area contributed by atoms with Gasteiger partial charge in [0.2, 0.25) is 5.95 Å². The van der Waals surface area contributed by atoms with E-state index in [9.17, 15) is 8.42 Å². The lowest BCUT2D eigenvalue weighted by Crippen LogP contribution is -2.49. The highest BCUT2D eigenvalue weighted by molar-refractivity contribution is 7.89. The molecule has 1 fully saturated rings. The fraction of sp³-hybridized carbons (Fsp3) is 0.588. The Morgan fingerprint density at radius 1 is 1.19 bits per heavy atom. The Hall–Kier alpha value is -2.20. The van der Waals surface area contributed by atoms with Crippen molar-refractivity contribution in [1.29, 1.82) is 0 Å². The molecule has 1 saturated heterocycles. The van der Waals surface area contributed by atoms with Crippen LogP contribution in [0.3, 0.4) is 0 Å². The Balaban J connectivity index is 1.71. The molecule has 148 valence electrons. The van der Waals surface area contributed by atoms with Crippen LogP contribution >= 0.6 is 0 Å². The second kappa shape index (κ2) is 7.81. The van der Waals surface area contributed by atoms with E-state index in [0.717, 1.165) is 18.1 Å². The summed E-state index contributed by atoms with van der Waals surface area (Å²) in [5.74, 6) is 1.42. The minimum Gasteiger partial charge on any atom is -0.354 e. The van der Waals surface area contributed by atoms with Gasteiger partial charge in [-0.15, -0.1) is 0 Å². The lowest BCUT2D eigenvalue weighted by Gasteiger charge is -2.34. The van der Waals surface area contributed by atoms with Crippen LogP contribution in [0.1, 0.15) is 32.5 Å². The summed E-state index contributed by atoms with van der Waals surface area (Å²) in [4.78, 5) is 15.1. The number of imidazole rings is 1. The van der Waals surface area contributed by atoms with E-state index in [1.807, 2.05) is 33.8 Å². The van der Waals surface area contributed by atoms with Gasteiger partial charge in [-0.05, 0) is 27.7 Å². The van der Waals surface area contributed by atoms with Crippen molar-refractivity contribution in [3.63, 3.8) is 0 Å². The molecule has 3 heterocycles. The summed E-state index contributed by atoms with van der Waals surface area (Å²) < 4.78 is 29.0. The standard InChI is InChI=1S/C17H27N7O2S/c1-5-18-17-20-14(4)10-15(21-17)22-6-8-24(9-7-22)27(25,26)16-11-23(12-19-16)13(2)3/h10-13H,5-9H2,1-4H3,(H,18,20,21). The van der Waals surface area contributed by atoms with Gasteiger partial charge in [0.15, 0.2) is 5.03 Å². The zero-order valence-corrected chi connectivity index (χ0v) is 17.1. The molecule has 10 heteroatoms. The normalized spacial score (nSPS) is 16.1. The van der Waals surface area contributed by atoms with Gasteiger partial charge in [-0.2, -0.15) is 9.29 Å². The summed E-state index contributed by atoms with van der Waals surface area (Å²) in [6, 6.07) is 2.10. The van der Waals surface area contributed by atoms with Gasteiger partial charge in [-0.25, -0.2) is 18.4 Å². The minimum atomic E-state index is -3.58. The van der Waals surface area contributed by atoms with Gasteiger partial charge in [0.1, 0.15) is 5.82 Å². The van der Waals surface area contributed by atoms with Crippen molar-refractivity contribution in [2.24, 2.45) is 0 Å². The van der Waals surface area contributed by atoms with Crippen molar-refractivity contribution in [3.05, 3.63) is 24.3 Å². The molecule has 0 aliphatic carbocycles. The molecule has 27 heavy (non-hydrogen) atoms. The van der Waals surface area contributed by atoms with Crippen LogP contribution in [-0.4, -0.2) is 65.0 Å². The average Bonchev–Trinajstić information content (AvgIpc) is 3.13. The predicted octanol–water partition coefficient (Wildman–Crippen LogP) is 1.51. The van der Waals surface area contributed by atoms with E-state index in [1.165, 1.54) is 4.31 Å². The minimum absolute atomic E-state index is 0.108. The number of aromatic nitrogens is 4. The van der Waals surface area contributed by atoms with E-state index >= 15 is 0 Å². The Morgan fingerprint density at radius 3 is 2.48 bits per heavy atom. The van der Waals surface area contributed by atoms with E-state index in [2.05, 4.69) is 25.2 Å². The molecule has 0 saturated carbocycles. The molecule has 3 rings (SSSR count). The molecule has 0 bridgehead atoms. The third kappa shape index (κ3) is 4.22. The SMILES string of the molecule is CCNc1nc(C)cc(N2CCN(S(=O)(=O)c3cn(C(C)C)cn3)CC2)n1. The Labute approximate surface area is 160 Å². The van der Waals surface area contributed by atoms with Gasteiger partial charge in [0, 0.05) is 56.7 Å². The number of hydrogen-bond acceptors (Lipinski definition) is 7. The summed E-state index contributed by atoms with van der Waals surface area (Å²) in [7, 11) is -3.58. The number of hydrogen-bond donors (Lipinski definition) is 1. The highest BCUT2D eigenvalue weighted by atomic mass is 32.2. The van der Waals surface area contributed by atoms with Gasteiger partial charge in [0.05, 0.1) is 6.33 Å². The summed E-state index contributed by atoms with van der Waals surface area (Å²) >= 11 is 0. The monoisotopic (exact) mass is 393 g/mol. The molecule has 0 unspecified atom stereocenters. The van der Waals surface area contributed by atoms with Crippen LogP contribution in [0.5, 0.6) is 0 Å². The first kappa shape index (κ1) is 19.6. The molecule has 0 amide bonds. The first-order valence-corrected chi connectivity index (χ1v) is 10.6. The Morgan fingerprint density at radius 2 is 1.89 bits per heavy atom. The molecular weight excluding hydrogens is 366 g/mol. The number of rotatable bonds is 6. The Bertz CT molecular complexity index is 886. The first-order chi connectivity index (χ1) is 12.8. The van der Waals surface area contributed by atoms with Crippen LogP contribution in [-0.2, 0) is 10.0 Å². The molecule has 0 aromatic carbocycles. The van der Waals surface area contributed by atoms with Crippen LogP contribution in [0.4, 0.5) is 11.8 Å². The van der Waals surface area contributed by atoms with Gasteiger partial charge in [0.25, 0.3) is 10.0 Å². The third-order valence-electron chi connectivity index (χ3n) is 4.52. The molecule has 2 aromatic rings. The van der Waals surface area contributed by atoms with Gasteiger partial charge < -0.3 is 14.8 Å². The number of nitrogens with one attached hydrogen (secondary N) is 1. The Kier molecular flexibility index (Phi) is 5.66. The summed E-state index contributed by atoms with van der Waals surface area (Å²) in [6.45, 7) is 10.6. The van der Waals surface area contributed by atoms with Crippen molar-refractivity contribution in [3.8, 4) is 0 Å². The predicted molar refractivity (Wildman–Crippen MR) is 105 cm³/mol. The van der Waals surface area contributed by atoms with Crippen LogP contribution in [0.2, 0.25) is 0 Å². The van der Waals surface area contributed by atoms with E-state index in [4.69, 9.17) is 0 Å². The van der Waals surface area contributed by atoms with Gasteiger partial charge >= 0.3 is 0 Å². The quantitative estimate of drug-likeness (QED) is 0.794. The fourth-order valence-corrected chi connectivity index (χ4v) is 4.32. The van der Waals surface area contributed by atoms with Crippen LogP contribution < -0.4 is 10.2 Å². The molecule has 2 aromatic heterocycles. The van der Waals surface area contributed by atoms with Gasteiger partial charge in [-0.1, -0.05) is 0 Å². The largest absolute Gasteiger partial charge is 0.354 e. The third-order valence-corrected chi connectivity index (χ3v) is 6.30. The highest BCUT2D eigenvalue weighted by Gasteiger charge is 2.31. The second-order valence-electron chi connectivity index (χ2n) is 6.87. The molecule has 0 radical (unpaired) electrons. The summed E-state index contributed by atoms with van der Waals surface area (Å²) in [5.41, 5.74) is 0.880. The van der Waals surface area contributed by atoms with Crippen molar-refractivity contribution in [2.45, 2.75) is 38.8 Å². The molecular formula is C17H27N7O2S. The summed E-state index contributed by atoms with van der Waals surface area (Å²) in [6.07, 6.45) is 3.17. The maximum atomic E-state index is 12.9. The zero-order chi connectivity index (χ0) is 19.6. The average molecular weight is 394 g/mol. The van der Waals surface area contributed by atoms with Crippen LogP contribution in [0.15, 0.2) is 23.6 Å². The van der Waals surface area contributed by atoms with Crippen molar-refractivity contribution in [2.75, 3.05) is 42.9 Å². The lowest BCUT2D eigenvalue weighted by atomic mass is 10.3. The molecule has 0 atom stereocenters. The highest BCUT2D eigenvalue weighted by Crippen LogP contribution is 2.21. The maximum Gasteiger partial charge on any atom is 0.262 e. The van der Waals surface area contributed by atoms with E-state index < -0.39 is 10.0 Å². The van der Waals surface area contributed by atoms with Crippen LogP contribution in [0, 0.1) is 6.92 Å². The number of anilines is 2. The topological polar surface area (TPSA) is 96.2 Å². The van der Waals surface area contributed by atoms with Crippen molar-refractivity contribution in [1.82, 2.24) is 23.8 Å². The number of sulfonamides is 1. The first-order valence-electron chi connectivity index (χ1n) is 9.19. The van der Waals surface area contributed by atoms with E-state index in [1.54, 1.807) is 17.1 Å². The fourth-order valence-electron chi connectivity index (χ4n) is 2.97. The van der Waals surface area contributed by atoms with Crippen molar-refractivity contribution >= 4 is 21.8 Å². The van der Waals surface area contributed by atoms with Crippen molar-refractivity contribution < 1.29 is 8.42 Å². The van der Waals surface area contributed by atoms with Crippen LogP contribution in [0.25, 0.3) is 0 Å². The second-order valence-corrected chi connectivity index (χ2v) is 8.75. The molecule has 9 nitrogen and oxygen atoms in total. The smallest absolute Gasteiger partial charge is 0.262 e. The lowest BCUT2D eigenvalue weighted by molar-refractivity contribution is 0.382. The molecule has 1 N–H and O–H groups in total. The van der Waals surface area contributed by atoms with Gasteiger partial charge in [-0.3, -0.25) is 0 Å². The molecule has 1 aliphatic heterocycles. The number of piperazine rings is 1. The maximum absolute atomic E-state index is 12.9. The van der Waals surface area contributed by atoms with E-state index in [0.29, 0.717) is 32.1 Å². The zero-order valence-electron chi connectivity index (χ0n) is 16.3. The number of nitrogens with zero attached hydrogens (tertiary/aromatic N) is 6. The molecule has 1 aliphatic rings. The van der Waals surface area contributed by atoms with E-state index in [-0.39, 0.29) is 11.1 Å². The number of aryl methyl sites for hydroxylation is 1. The molecule has 0 spiro atoms.